The van der Waals surface area contributed by atoms with Gasteiger partial charge in [-0.1, -0.05) is 54.6 Å². The molecule has 0 aromatic heterocycles. The Bertz CT molecular complexity index is 647. The van der Waals surface area contributed by atoms with Crippen molar-refractivity contribution < 1.29 is 42.5 Å². The third-order valence-corrected chi connectivity index (χ3v) is 3.29. The predicted molar refractivity (Wildman–Crippen MR) is 69.8 cm³/mol. The van der Waals surface area contributed by atoms with E-state index in [0.29, 0.717) is 0 Å². The van der Waals surface area contributed by atoms with Crippen LogP contribution in [0.5, 0.6) is 0 Å². The van der Waals surface area contributed by atoms with Gasteiger partial charge in [-0.2, -0.15) is 0 Å². The maximum absolute atomic E-state index is 10.7. The van der Waals surface area contributed by atoms with Crippen LogP contribution in [0.1, 0.15) is 11.1 Å². The molecule has 2 rings (SSSR count). The average molecular weight is 282 g/mol. The first-order valence-corrected chi connectivity index (χ1v) is 6.76. The quantitative estimate of drug-likeness (QED) is 0.444. The van der Waals surface area contributed by atoms with E-state index >= 15 is 0 Å². The Morgan fingerprint density at radius 3 is 1.74 bits per heavy atom. The van der Waals surface area contributed by atoms with E-state index in [-0.39, 0.29) is 34.5 Å². The van der Waals surface area contributed by atoms with Crippen LogP contribution >= 0.6 is 0 Å². The monoisotopic (exact) mass is 282 g/mol. The molecule has 0 bridgehead atoms. The van der Waals surface area contributed by atoms with Gasteiger partial charge < -0.3 is 4.55 Å². The standard InChI is InChI=1S/C14H12O3S.Na/c15-18(16,17)14-10-8-13(9-11-14)7-6-12-4-2-1-3-5-12;/h1-11H,(H,15,16,17);/q;+1/p-1/b7-6+;. The van der Waals surface area contributed by atoms with Crippen molar-refractivity contribution in [2.75, 3.05) is 0 Å². The van der Waals surface area contributed by atoms with Crippen LogP contribution in [-0.4, -0.2) is 13.0 Å². The van der Waals surface area contributed by atoms with E-state index in [9.17, 15) is 13.0 Å². The van der Waals surface area contributed by atoms with E-state index in [2.05, 4.69) is 0 Å². The summed E-state index contributed by atoms with van der Waals surface area (Å²) >= 11 is 0. The number of benzene rings is 2. The summed E-state index contributed by atoms with van der Waals surface area (Å²) in [6.07, 6.45) is 3.78. The minimum Gasteiger partial charge on any atom is -0.744 e. The van der Waals surface area contributed by atoms with Crippen LogP contribution in [0.4, 0.5) is 0 Å². The van der Waals surface area contributed by atoms with E-state index in [1.54, 1.807) is 12.1 Å². The van der Waals surface area contributed by atoms with Gasteiger partial charge in [0, 0.05) is 0 Å². The van der Waals surface area contributed by atoms with E-state index in [1.165, 1.54) is 12.1 Å². The third kappa shape index (κ3) is 4.93. The van der Waals surface area contributed by atoms with Crippen molar-refractivity contribution in [2.24, 2.45) is 0 Å². The predicted octanol–water partition coefficient (Wildman–Crippen LogP) is -0.235. The normalized spacial score (nSPS) is 11.2. The van der Waals surface area contributed by atoms with E-state index in [4.69, 9.17) is 0 Å². The Hall–Kier alpha value is -0.910. The van der Waals surface area contributed by atoms with Crippen LogP contribution in [0.15, 0.2) is 59.5 Å². The molecule has 0 N–H and O–H groups in total. The molecule has 0 atom stereocenters. The molecule has 0 fully saturated rings. The van der Waals surface area contributed by atoms with Crippen LogP contribution in [-0.2, 0) is 10.1 Å². The maximum Gasteiger partial charge on any atom is 1.00 e. The molecule has 0 radical (unpaired) electrons. The number of rotatable bonds is 3. The van der Waals surface area contributed by atoms with Gasteiger partial charge in [-0.3, -0.25) is 0 Å². The smallest absolute Gasteiger partial charge is 0.744 e. The molecular formula is C14H11NaO3S. The van der Waals surface area contributed by atoms with Crippen LogP contribution in [0.2, 0.25) is 0 Å². The SMILES string of the molecule is O=S(=O)([O-])c1ccc(/C=C/c2ccccc2)cc1.[Na+]. The van der Waals surface area contributed by atoms with E-state index in [1.807, 2.05) is 42.5 Å². The van der Waals surface area contributed by atoms with Crippen molar-refractivity contribution in [1.29, 1.82) is 0 Å². The van der Waals surface area contributed by atoms with Gasteiger partial charge in [-0.15, -0.1) is 0 Å². The second-order valence-corrected chi connectivity index (χ2v) is 5.15. The molecule has 0 amide bonds. The van der Waals surface area contributed by atoms with E-state index < -0.39 is 10.1 Å². The molecule has 0 unspecified atom stereocenters. The fraction of sp³-hybridized carbons (Fsp3) is 0. The first kappa shape index (κ1) is 16.1. The Morgan fingerprint density at radius 1 is 0.789 bits per heavy atom. The molecule has 3 nitrogen and oxygen atoms in total. The van der Waals surface area contributed by atoms with Crippen molar-refractivity contribution in [1.82, 2.24) is 0 Å². The van der Waals surface area contributed by atoms with Gasteiger partial charge in [0.2, 0.25) is 0 Å². The summed E-state index contributed by atoms with van der Waals surface area (Å²) in [7, 11) is -4.36. The third-order valence-electron chi connectivity index (χ3n) is 2.44. The minimum absolute atomic E-state index is 0. The molecular weight excluding hydrogens is 271 g/mol. The summed E-state index contributed by atoms with van der Waals surface area (Å²) in [5, 5.41) is 0. The molecule has 0 saturated heterocycles. The summed E-state index contributed by atoms with van der Waals surface area (Å²) in [4.78, 5) is -0.209. The van der Waals surface area contributed by atoms with Gasteiger partial charge in [0.15, 0.2) is 0 Å². The van der Waals surface area contributed by atoms with Crippen molar-refractivity contribution in [3.63, 3.8) is 0 Å². The number of hydrogen-bond acceptors (Lipinski definition) is 3. The minimum atomic E-state index is -4.36. The van der Waals surface area contributed by atoms with Crippen molar-refractivity contribution >= 4 is 22.3 Å². The molecule has 0 heterocycles. The van der Waals surface area contributed by atoms with Gasteiger partial charge in [0.1, 0.15) is 10.1 Å². The van der Waals surface area contributed by atoms with Crippen LogP contribution in [0.25, 0.3) is 12.2 Å². The Morgan fingerprint density at radius 2 is 1.26 bits per heavy atom. The fourth-order valence-electron chi connectivity index (χ4n) is 1.50. The fourth-order valence-corrected chi connectivity index (χ4v) is 1.97. The van der Waals surface area contributed by atoms with Gasteiger partial charge in [-0.25, -0.2) is 8.42 Å². The Labute approximate surface area is 135 Å². The molecule has 19 heavy (non-hydrogen) atoms. The summed E-state index contributed by atoms with van der Waals surface area (Å²) < 4.78 is 32.2. The summed E-state index contributed by atoms with van der Waals surface area (Å²) in [5.41, 5.74) is 1.89. The van der Waals surface area contributed by atoms with E-state index in [0.717, 1.165) is 11.1 Å². The van der Waals surface area contributed by atoms with Crippen LogP contribution in [0, 0.1) is 0 Å². The second-order valence-electron chi connectivity index (χ2n) is 3.77. The van der Waals surface area contributed by atoms with Gasteiger partial charge in [0.25, 0.3) is 0 Å². The van der Waals surface area contributed by atoms with Crippen LogP contribution < -0.4 is 29.6 Å². The molecule has 0 aliphatic carbocycles. The summed E-state index contributed by atoms with van der Waals surface area (Å²) in [6.45, 7) is 0. The summed E-state index contributed by atoms with van der Waals surface area (Å²) in [5.74, 6) is 0. The van der Waals surface area contributed by atoms with Gasteiger partial charge in [0.05, 0.1) is 4.90 Å². The number of hydrogen-bond donors (Lipinski definition) is 0. The largest absolute Gasteiger partial charge is 1.00 e. The first-order chi connectivity index (χ1) is 8.55. The van der Waals surface area contributed by atoms with Crippen molar-refractivity contribution in [3.05, 3.63) is 65.7 Å². The van der Waals surface area contributed by atoms with Gasteiger partial charge >= 0.3 is 29.6 Å². The van der Waals surface area contributed by atoms with Gasteiger partial charge in [-0.05, 0) is 23.3 Å². The molecule has 0 aliphatic rings. The maximum atomic E-state index is 10.7. The topological polar surface area (TPSA) is 57.2 Å². The average Bonchev–Trinajstić information content (AvgIpc) is 2.37. The van der Waals surface area contributed by atoms with Crippen molar-refractivity contribution in [3.8, 4) is 0 Å². The second kappa shape index (κ2) is 7.03. The zero-order valence-corrected chi connectivity index (χ0v) is 13.3. The van der Waals surface area contributed by atoms with Crippen molar-refractivity contribution in [2.45, 2.75) is 4.90 Å². The molecule has 0 saturated carbocycles. The zero-order valence-electron chi connectivity index (χ0n) is 10.5. The zero-order chi connectivity index (χ0) is 13.0. The molecule has 0 aliphatic heterocycles. The molecule has 92 valence electrons. The Kier molecular flexibility index (Phi) is 5.97. The first-order valence-electron chi connectivity index (χ1n) is 5.35. The summed E-state index contributed by atoms with van der Waals surface area (Å²) in [6, 6.07) is 15.6. The molecule has 0 spiro atoms. The Balaban J connectivity index is 0.00000180. The molecule has 2 aromatic carbocycles. The molecule has 5 heteroatoms. The van der Waals surface area contributed by atoms with Crippen LogP contribution in [0.3, 0.4) is 0 Å². The molecule has 2 aromatic rings.